The third-order valence-corrected chi connectivity index (χ3v) is 3.00. The van der Waals surface area contributed by atoms with Crippen LogP contribution in [0.3, 0.4) is 0 Å². The van der Waals surface area contributed by atoms with Gasteiger partial charge in [0.05, 0.1) is 6.42 Å². The minimum absolute atomic E-state index is 0.0924. The number of halogens is 1. The van der Waals surface area contributed by atoms with Crippen LogP contribution >= 0.6 is 15.9 Å². The normalized spacial score (nSPS) is 9.76. The van der Waals surface area contributed by atoms with E-state index >= 15 is 0 Å². The zero-order valence-corrected chi connectivity index (χ0v) is 10.9. The molecule has 0 saturated carbocycles. The second-order valence-corrected chi connectivity index (χ2v) is 4.29. The number of benzene rings is 1. The molecule has 1 aromatic carbocycles. The second-order valence-electron chi connectivity index (χ2n) is 3.44. The molecular weight excluding hydrogens is 288 g/mol. The van der Waals surface area contributed by atoms with Gasteiger partial charge in [-0.3, -0.25) is 4.79 Å². The van der Waals surface area contributed by atoms with E-state index in [1.54, 1.807) is 6.07 Å². The highest BCUT2D eigenvalue weighted by atomic mass is 79.9. The Hall–Kier alpha value is -1.56. The van der Waals surface area contributed by atoms with Crippen LogP contribution in [-0.2, 0) is 4.79 Å². The monoisotopic (exact) mass is 300 g/mol. The number of carboxylic acids is 1. The van der Waals surface area contributed by atoms with E-state index in [9.17, 15) is 9.59 Å². The number of rotatable bonds is 4. The van der Waals surface area contributed by atoms with E-state index in [-0.39, 0.29) is 13.0 Å². The molecule has 0 aliphatic rings. The van der Waals surface area contributed by atoms with E-state index in [4.69, 9.17) is 5.11 Å². The summed E-state index contributed by atoms with van der Waals surface area (Å²) in [4.78, 5) is 21.7. The maximum atomic E-state index is 11.4. The van der Waals surface area contributed by atoms with Crippen LogP contribution in [0.5, 0.6) is 0 Å². The fourth-order valence-electron chi connectivity index (χ4n) is 1.19. The predicted molar refractivity (Wildman–Crippen MR) is 68.2 cm³/mol. The van der Waals surface area contributed by atoms with Gasteiger partial charge in [0, 0.05) is 16.7 Å². The summed E-state index contributed by atoms with van der Waals surface area (Å²) in [5.74, 6) is -0.941. The Morgan fingerprint density at radius 3 is 2.76 bits per heavy atom. The smallest absolute Gasteiger partial charge is 0.319 e. The molecule has 1 rings (SSSR count). The molecule has 0 atom stereocenters. The first-order valence-electron chi connectivity index (χ1n) is 5.02. The fraction of sp³-hybridized carbons (Fsp3) is 0.273. The van der Waals surface area contributed by atoms with Crippen LogP contribution in [0.15, 0.2) is 22.7 Å². The number of hydrogen-bond acceptors (Lipinski definition) is 2. The van der Waals surface area contributed by atoms with Crippen LogP contribution in [0.25, 0.3) is 0 Å². The van der Waals surface area contributed by atoms with Gasteiger partial charge in [-0.05, 0) is 24.6 Å². The summed E-state index contributed by atoms with van der Waals surface area (Å²) in [6.07, 6.45) is -0.0924. The lowest BCUT2D eigenvalue weighted by molar-refractivity contribution is -0.136. The van der Waals surface area contributed by atoms with E-state index in [0.717, 1.165) is 10.0 Å². The minimum Gasteiger partial charge on any atom is -0.481 e. The predicted octanol–water partition coefficient (Wildman–Crippen LogP) is 2.35. The number of aliphatic carboxylic acids is 1. The molecule has 0 aliphatic heterocycles. The summed E-state index contributed by atoms with van der Waals surface area (Å²) in [5, 5.41) is 13.5. The number of carbonyl (C=O) groups excluding carboxylic acids is 1. The quantitative estimate of drug-likeness (QED) is 0.799. The second kappa shape index (κ2) is 6.24. The first-order chi connectivity index (χ1) is 8.00. The van der Waals surface area contributed by atoms with Gasteiger partial charge in [-0.2, -0.15) is 0 Å². The summed E-state index contributed by atoms with van der Waals surface area (Å²) in [6.45, 7) is 1.98. The van der Waals surface area contributed by atoms with Gasteiger partial charge in [0.1, 0.15) is 0 Å². The molecule has 5 nitrogen and oxygen atoms in total. The lowest BCUT2D eigenvalue weighted by Gasteiger charge is -2.10. The SMILES string of the molecule is Cc1c(Br)cccc1NC(=O)NCCC(=O)O. The standard InChI is InChI=1S/C11H13BrN2O3/c1-7-8(12)3-2-4-9(7)14-11(17)13-6-5-10(15)16/h2-4H,5-6H2,1H3,(H,15,16)(H2,13,14,17). The third-order valence-electron chi connectivity index (χ3n) is 2.14. The molecule has 1 aromatic rings. The van der Waals surface area contributed by atoms with Crippen LogP contribution in [0.1, 0.15) is 12.0 Å². The molecule has 0 heterocycles. The number of carboxylic acid groups (broad SMARTS) is 1. The molecule has 0 spiro atoms. The zero-order valence-electron chi connectivity index (χ0n) is 9.29. The summed E-state index contributed by atoms with van der Waals surface area (Å²) in [5.41, 5.74) is 1.60. The number of anilines is 1. The number of hydrogen-bond donors (Lipinski definition) is 3. The van der Waals surface area contributed by atoms with Crippen molar-refractivity contribution in [1.82, 2.24) is 5.32 Å². The molecule has 0 saturated heterocycles. The topological polar surface area (TPSA) is 78.4 Å². The molecule has 92 valence electrons. The first-order valence-corrected chi connectivity index (χ1v) is 5.81. The van der Waals surface area contributed by atoms with Crippen molar-refractivity contribution < 1.29 is 14.7 Å². The van der Waals surface area contributed by atoms with Gasteiger partial charge in [0.25, 0.3) is 0 Å². The van der Waals surface area contributed by atoms with Crippen LogP contribution in [-0.4, -0.2) is 23.7 Å². The lowest BCUT2D eigenvalue weighted by atomic mass is 10.2. The van der Waals surface area contributed by atoms with E-state index in [0.29, 0.717) is 5.69 Å². The number of nitrogens with one attached hydrogen (secondary N) is 2. The molecule has 0 aliphatic carbocycles. The Morgan fingerprint density at radius 1 is 1.41 bits per heavy atom. The largest absolute Gasteiger partial charge is 0.481 e. The minimum atomic E-state index is -0.941. The third kappa shape index (κ3) is 4.44. The van der Waals surface area contributed by atoms with Crippen LogP contribution in [0.4, 0.5) is 10.5 Å². The highest BCUT2D eigenvalue weighted by Crippen LogP contribution is 2.23. The van der Waals surface area contributed by atoms with Crippen molar-refractivity contribution in [3.05, 3.63) is 28.2 Å². The van der Waals surface area contributed by atoms with Gasteiger partial charge in [0.2, 0.25) is 0 Å². The van der Waals surface area contributed by atoms with Gasteiger partial charge < -0.3 is 15.7 Å². The van der Waals surface area contributed by atoms with Gasteiger partial charge in [-0.1, -0.05) is 22.0 Å². The van der Waals surface area contributed by atoms with Crippen molar-refractivity contribution in [2.24, 2.45) is 0 Å². The fourth-order valence-corrected chi connectivity index (χ4v) is 1.56. The summed E-state index contributed by atoms with van der Waals surface area (Å²) < 4.78 is 0.904. The van der Waals surface area contributed by atoms with Gasteiger partial charge in [-0.25, -0.2) is 4.79 Å². The Bertz CT molecular complexity index is 435. The molecule has 3 N–H and O–H groups in total. The highest BCUT2D eigenvalue weighted by Gasteiger charge is 2.06. The summed E-state index contributed by atoms with van der Waals surface area (Å²) in [6, 6.07) is 5.05. The summed E-state index contributed by atoms with van der Waals surface area (Å²) in [7, 11) is 0. The van der Waals surface area contributed by atoms with Gasteiger partial charge in [-0.15, -0.1) is 0 Å². The molecule has 0 aromatic heterocycles. The van der Waals surface area contributed by atoms with Crippen molar-refractivity contribution in [2.45, 2.75) is 13.3 Å². The van der Waals surface area contributed by atoms with Crippen molar-refractivity contribution in [1.29, 1.82) is 0 Å². The molecule has 0 fully saturated rings. The Balaban J connectivity index is 2.51. The Labute approximate surface area is 107 Å². The molecule has 0 radical (unpaired) electrons. The van der Waals surface area contributed by atoms with Crippen molar-refractivity contribution in [3.63, 3.8) is 0 Å². The molecule has 17 heavy (non-hydrogen) atoms. The average Bonchev–Trinajstić information content (AvgIpc) is 2.24. The Kier molecular flexibility index (Phi) is 4.96. The molecule has 2 amide bonds. The van der Waals surface area contributed by atoms with Crippen LogP contribution in [0.2, 0.25) is 0 Å². The van der Waals surface area contributed by atoms with Crippen molar-refractivity contribution >= 4 is 33.6 Å². The Morgan fingerprint density at radius 2 is 2.12 bits per heavy atom. The highest BCUT2D eigenvalue weighted by molar-refractivity contribution is 9.10. The first kappa shape index (κ1) is 13.5. The van der Waals surface area contributed by atoms with Crippen molar-refractivity contribution in [3.8, 4) is 0 Å². The van der Waals surface area contributed by atoms with Gasteiger partial charge in [0.15, 0.2) is 0 Å². The number of amides is 2. The maximum Gasteiger partial charge on any atom is 0.319 e. The lowest BCUT2D eigenvalue weighted by Crippen LogP contribution is -2.30. The molecule has 6 heteroatoms. The number of carbonyl (C=O) groups is 2. The summed E-state index contributed by atoms with van der Waals surface area (Å²) >= 11 is 3.36. The average molecular weight is 301 g/mol. The zero-order chi connectivity index (χ0) is 12.8. The van der Waals surface area contributed by atoms with E-state index in [2.05, 4.69) is 26.6 Å². The molecular formula is C11H13BrN2O3. The number of urea groups is 1. The van der Waals surface area contributed by atoms with Crippen molar-refractivity contribution in [2.75, 3.05) is 11.9 Å². The molecule has 0 unspecified atom stereocenters. The van der Waals surface area contributed by atoms with Crippen LogP contribution in [0, 0.1) is 6.92 Å². The van der Waals surface area contributed by atoms with E-state index in [1.165, 1.54) is 0 Å². The van der Waals surface area contributed by atoms with Crippen LogP contribution < -0.4 is 10.6 Å². The van der Waals surface area contributed by atoms with E-state index in [1.807, 2.05) is 19.1 Å². The molecule has 0 bridgehead atoms. The maximum absolute atomic E-state index is 11.4. The van der Waals surface area contributed by atoms with Gasteiger partial charge >= 0.3 is 12.0 Å². The van der Waals surface area contributed by atoms with E-state index < -0.39 is 12.0 Å².